The van der Waals surface area contributed by atoms with Crippen LogP contribution in [0.1, 0.15) is 11.5 Å². The lowest BCUT2D eigenvalue weighted by Crippen LogP contribution is -2.43. The zero-order valence-corrected chi connectivity index (χ0v) is 12.0. The molecule has 4 heteroatoms. The molecule has 0 spiro atoms. The Morgan fingerprint density at radius 3 is 2.52 bits per heavy atom. The fourth-order valence-electron chi connectivity index (χ4n) is 3.08. The molecule has 2 aliphatic heterocycles. The van der Waals surface area contributed by atoms with E-state index >= 15 is 0 Å². The molecule has 0 N–H and O–H groups in total. The molecular weight excluding hydrogens is 266 g/mol. The number of nitrogens with zero attached hydrogens (tertiary/aromatic N) is 1. The van der Waals surface area contributed by atoms with Gasteiger partial charge in [0.1, 0.15) is 0 Å². The smallest absolute Gasteiger partial charge is 0.335 e. The first-order chi connectivity index (χ1) is 10.1. The van der Waals surface area contributed by atoms with Gasteiger partial charge in [0, 0.05) is 13.0 Å². The number of amides is 1. The van der Waals surface area contributed by atoms with E-state index in [1.807, 2.05) is 48.6 Å². The summed E-state index contributed by atoms with van der Waals surface area (Å²) in [5.74, 6) is -0.755. The van der Waals surface area contributed by atoms with E-state index in [0.717, 1.165) is 5.56 Å². The van der Waals surface area contributed by atoms with Crippen LogP contribution in [-0.2, 0) is 14.3 Å². The second kappa shape index (κ2) is 5.20. The summed E-state index contributed by atoms with van der Waals surface area (Å²) < 4.78 is 4.88. The van der Waals surface area contributed by atoms with Gasteiger partial charge >= 0.3 is 5.97 Å². The average Bonchev–Trinajstić information content (AvgIpc) is 2.77. The molecule has 1 aromatic carbocycles. The van der Waals surface area contributed by atoms with Gasteiger partial charge in [-0.05, 0) is 5.56 Å². The van der Waals surface area contributed by atoms with Gasteiger partial charge in [-0.15, -0.1) is 0 Å². The summed E-state index contributed by atoms with van der Waals surface area (Å²) in [6.45, 7) is 0. The quantitative estimate of drug-likeness (QED) is 0.615. The molecule has 2 bridgehead atoms. The molecule has 4 nitrogen and oxygen atoms in total. The number of rotatable bonds is 2. The normalized spacial score (nSPS) is 27.3. The summed E-state index contributed by atoms with van der Waals surface area (Å²) in [6.07, 6.45) is 5.72. The highest BCUT2D eigenvalue weighted by Gasteiger charge is 2.41. The minimum absolute atomic E-state index is 0.0338. The summed E-state index contributed by atoms with van der Waals surface area (Å²) in [4.78, 5) is 26.2. The summed E-state index contributed by atoms with van der Waals surface area (Å²) in [7, 11) is 3.09. The van der Waals surface area contributed by atoms with Gasteiger partial charge in [-0.2, -0.15) is 0 Å². The van der Waals surface area contributed by atoms with Gasteiger partial charge in [0.15, 0.2) is 0 Å². The van der Waals surface area contributed by atoms with Crippen molar-refractivity contribution in [1.29, 1.82) is 0 Å². The van der Waals surface area contributed by atoms with Crippen LogP contribution in [0.25, 0.3) is 0 Å². The zero-order chi connectivity index (χ0) is 15.0. The molecule has 0 unspecified atom stereocenters. The predicted octanol–water partition coefficient (Wildman–Crippen LogP) is 1.90. The van der Waals surface area contributed by atoms with Crippen molar-refractivity contribution in [1.82, 2.24) is 4.90 Å². The van der Waals surface area contributed by atoms with Crippen LogP contribution in [0.3, 0.4) is 0 Å². The number of likely N-dealkylation sites (N-methyl/N-ethyl adjacent to an activating group) is 1. The average molecular weight is 283 g/mol. The lowest BCUT2D eigenvalue weighted by molar-refractivity contribution is -0.137. The van der Waals surface area contributed by atoms with Crippen LogP contribution < -0.4 is 0 Å². The van der Waals surface area contributed by atoms with E-state index in [0.29, 0.717) is 5.57 Å². The van der Waals surface area contributed by atoms with Gasteiger partial charge in [0.2, 0.25) is 5.91 Å². The van der Waals surface area contributed by atoms with Crippen molar-refractivity contribution in [3.8, 4) is 0 Å². The standard InChI is InChI=1S/C17H17NO3/c1-18-15-9-8-12(16(18)19)13(10-14(15)17(20)21-2)11-6-4-3-5-7-11/h3-10,12-13,15H,1-2H3/t12-,13+,15+/m0/s1. The first-order valence-corrected chi connectivity index (χ1v) is 6.93. The number of methoxy groups -OCH3 is 1. The van der Waals surface area contributed by atoms with E-state index < -0.39 is 0 Å². The lowest BCUT2D eigenvalue weighted by atomic mass is 9.85. The number of allylic oxidation sites excluding steroid dienone is 1. The van der Waals surface area contributed by atoms with Crippen LogP contribution >= 0.6 is 0 Å². The third kappa shape index (κ3) is 2.17. The molecule has 2 heterocycles. The molecule has 3 aliphatic rings. The molecule has 1 amide bonds. The largest absolute Gasteiger partial charge is 0.466 e. The number of hydrogen-bond acceptors (Lipinski definition) is 3. The van der Waals surface area contributed by atoms with Crippen LogP contribution in [0.2, 0.25) is 0 Å². The highest BCUT2D eigenvalue weighted by molar-refractivity contribution is 5.95. The second-order valence-corrected chi connectivity index (χ2v) is 5.35. The monoisotopic (exact) mass is 283 g/mol. The van der Waals surface area contributed by atoms with E-state index in [2.05, 4.69) is 0 Å². The Balaban J connectivity index is 2.13. The van der Waals surface area contributed by atoms with Gasteiger partial charge in [0.05, 0.1) is 24.6 Å². The number of esters is 1. The molecule has 0 saturated heterocycles. The molecule has 0 fully saturated rings. The Kier molecular flexibility index (Phi) is 3.37. The Labute approximate surface area is 123 Å². The van der Waals surface area contributed by atoms with Crippen LogP contribution in [0, 0.1) is 5.92 Å². The predicted molar refractivity (Wildman–Crippen MR) is 78.5 cm³/mol. The van der Waals surface area contributed by atoms with Gasteiger partial charge in [-0.3, -0.25) is 4.79 Å². The maximum Gasteiger partial charge on any atom is 0.335 e. The summed E-state index contributed by atoms with van der Waals surface area (Å²) in [5.41, 5.74) is 1.55. The Hall–Kier alpha value is -2.36. The summed E-state index contributed by atoms with van der Waals surface area (Å²) in [6, 6.07) is 9.44. The molecule has 0 radical (unpaired) electrons. The highest BCUT2D eigenvalue weighted by atomic mass is 16.5. The van der Waals surface area contributed by atoms with Crippen LogP contribution in [0.5, 0.6) is 0 Å². The highest BCUT2D eigenvalue weighted by Crippen LogP contribution is 2.38. The number of hydrogen-bond donors (Lipinski definition) is 0. The fraction of sp³-hybridized carbons (Fsp3) is 0.294. The maximum absolute atomic E-state index is 12.5. The molecule has 3 atom stereocenters. The van der Waals surface area contributed by atoms with Crippen molar-refractivity contribution in [3.05, 3.63) is 59.7 Å². The molecule has 21 heavy (non-hydrogen) atoms. The fourth-order valence-corrected chi connectivity index (χ4v) is 3.08. The van der Waals surface area contributed by atoms with Crippen molar-refractivity contribution in [2.75, 3.05) is 14.2 Å². The molecule has 0 saturated carbocycles. The SMILES string of the molecule is COC(=O)C1=C[C@H](c2ccccc2)[C@@H]2C=C[C@H]1N(C)C2=O. The van der Waals surface area contributed by atoms with Gasteiger partial charge in [-0.25, -0.2) is 4.79 Å². The molecule has 4 rings (SSSR count). The molecule has 108 valence electrons. The van der Waals surface area contributed by atoms with Crippen LogP contribution in [0.15, 0.2) is 54.1 Å². The van der Waals surface area contributed by atoms with Crippen molar-refractivity contribution < 1.29 is 14.3 Å². The van der Waals surface area contributed by atoms with E-state index in [1.54, 1.807) is 11.9 Å². The maximum atomic E-state index is 12.5. The molecule has 0 aromatic heterocycles. The first-order valence-electron chi connectivity index (χ1n) is 6.93. The molecular formula is C17H17NO3. The topological polar surface area (TPSA) is 46.6 Å². The van der Waals surface area contributed by atoms with Gasteiger partial charge in [0.25, 0.3) is 0 Å². The van der Waals surface area contributed by atoms with Crippen molar-refractivity contribution in [2.45, 2.75) is 12.0 Å². The van der Waals surface area contributed by atoms with Gasteiger partial charge < -0.3 is 9.64 Å². The minimum Gasteiger partial charge on any atom is -0.466 e. The number of benzene rings is 1. The van der Waals surface area contributed by atoms with Crippen LogP contribution in [0.4, 0.5) is 0 Å². The Bertz CT molecular complexity index is 633. The number of fused-ring (bicyclic) bond motifs is 2. The minimum atomic E-state index is -0.382. The number of carbonyl (C=O) groups excluding carboxylic acids is 2. The Morgan fingerprint density at radius 1 is 1.14 bits per heavy atom. The second-order valence-electron chi connectivity index (χ2n) is 5.35. The number of carbonyl (C=O) groups is 2. The lowest BCUT2D eigenvalue weighted by Gasteiger charge is -2.31. The van der Waals surface area contributed by atoms with E-state index in [4.69, 9.17) is 4.74 Å². The first kappa shape index (κ1) is 13.6. The summed E-state index contributed by atoms with van der Waals surface area (Å²) >= 11 is 0. The molecule has 1 aromatic rings. The number of ether oxygens (including phenoxy) is 1. The van der Waals surface area contributed by atoms with Crippen molar-refractivity contribution in [3.63, 3.8) is 0 Å². The van der Waals surface area contributed by atoms with Crippen molar-refractivity contribution >= 4 is 11.9 Å². The van der Waals surface area contributed by atoms with E-state index in [-0.39, 0.29) is 29.8 Å². The van der Waals surface area contributed by atoms with Crippen molar-refractivity contribution in [2.24, 2.45) is 5.92 Å². The van der Waals surface area contributed by atoms with Crippen LogP contribution in [-0.4, -0.2) is 37.0 Å². The van der Waals surface area contributed by atoms with E-state index in [1.165, 1.54) is 7.11 Å². The zero-order valence-electron chi connectivity index (χ0n) is 12.0. The summed E-state index contributed by atoms with van der Waals surface area (Å²) in [5, 5.41) is 0. The molecule has 1 aliphatic carbocycles. The third-order valence-electron chi connectivity index (χ3n) is 4.22. The Morgan fingerprint density at radius 2 is 1.86 bits per heavy atom. The van der Waals surface area contributed by atoms with Gasteiger partial charge in [-0.1, -0.05) is 48.6 Å². The van der Waals surface area contributed by atoms with E-state index in [9.17, 15) is 9.59 Å². The third-order valence-corrected chi connectivity index (χ3v) is 4.22.